The van der Waals surface area contributed by atoms with E-state index < -0.39 is 11.6 Å². The normalized spacial score (nSPS) is 18.0. The third-order valence-electron chi connectivity index (χ3n) is 7.02. The molecule has 4 heteroatoms. The maximum atomic E-state index is 14.8. The third-order valence-corrected chi connectivity index (χ3v) is 7.02. The highest BCUT2D eigenvalue weighted by molar-refractivity contribution is 5.66. The molecule has 0 saturated heterocycles. The van der Waals surface area contributed by atoms with Crippen molar-refractivity contribution in [2.24, 2.45) is 5.92 Å². The second-order valence-corrected chi connectivity index (χ2v) is 9.11. The summed E-state index contributed by atoms with van der Waals surface area (Å²) in [6.07, 6.45) is 8.04. The van der Waals surface area contributed by atoms with E-state index >= 15 is 0 Å². The Morgan fingerprint density at radius 3 is 2.29 bits per heavy atom. The second kappa shape index (κ2) is 10.9. The van der Waals surface area contributed by atoms with Gasteiger partial charge in [-0.15, -0.1) is 0 Å². The van der Waals surface area contributed by atoms with Crippen LogP contribution in [0.2, 0.25) is 0 Å². The Hall–Kier alpha value is -3.01. The van der Waals surface area contributed by atoms with E-state index in [4.69, 9.17) is 4.74 Å². The lowest BCUT2D eigenvalue weighted by molar-refractivity contribution is 0.309. The molecule has 34 heavy (non-hydrogen) atoms. The smallest absolute Gasteiger partial charge is 0.201 e. The van der Waals surface area contributed by atoms with Gasteiger partial charge in [0.1, 0.15) is 5.82 Å². The van der Waals surface area contributed by atoms with Gasteiger partial charge < -0.3 is 4.74 Å². The molecule has 0 aliphatic heterocycles. The van der Waals surface area contributed by atoms with Crippen LogP contribution in [-0.4, -0.2) is 6.61 Å². The maximum Gasteiger partial charge on any atom is 0.201 e. The molecule has 0 aromatic heterocycles. The summed E-state index contributed by atoms with van der Waals surface area (Å²) in [5, 5.41) is 0. The van der Waals surface area contributed by atoms with Crippen LogP contribution in [0.25, 0.3) is 17.2 Å². The molecule has 0 radical (unpaired) electrons. The van der Waals surface area contributed by atoms with E-state index in [1.165, 1.54) is 23.8 Å². The van der Waals surface area contributed by atoms with Crippen LogP contribution >= 0.6 is 0 Å². The predicted molar refractivity (Wildman–Crippen MR) is 132 cm³/mol. The molecule has 0 unspecified atom stereocenters. The van der Waals surface area contributed by atoms with Crippen LogP contribution in [-0.2, 0) is 6.42 Å². The molecule has 178 valence electrons. The summed E-state index contributed by atoms with van der Waals surface area (Å²) in [4.78, 5) is 0. The molecule has 1 saturated carbocycles. The van der Waals surface area contributed by atoms with Gasteiger partial charge in [-0.25, -0.2) is 8.78 Å². The van der Waals surface area contributed by atoms with Gasteiger partial charge in [-0.2, -0.15) is 4.39 Å². The quantitative estimate of drug-likeness (QED) is 0.324. The highest BCUT2D eigenvalue weighted by atomic mass is 19.2. The molecule has 4 rings (SSSR count). The van der Waals surface area contributed by atoms with E-state index in [1.807, 2.05) is 6.08 Å². The van der Waals surface area contributed by atoms with E-state index in [-0.39, 0.29) is 23.7 Å². The minimum absolute atomic E-state index is 0.0332. The van der Waals surface area contributed by atoms with Crippen molar-refractivity contribution < 1.29 is 17.9 Å². The topological polar surface area (TPSA) is 9.23 Å². The van der Waals surface area contributed by atoms with E-state index in [0.717, 1.165) is 37.7 Å². The van der Waals surface area contributed by atoms with Crippen LogP contribution in [0, 0.1) is 23.4 Å². The molecule has 0 bridgehead atoms. The zero-order chi connectivity index (χ0) is 24.1. The predicted octanol–water partition coefficient (Wildman–Crippen LogP) is 8.72. The van der Waals surface area contributed by atoms with Crippen molar-refractivity contribution in [2.45, 2.75) is 51.4 Å². The average Bonchev–Trinajstić information content (AvgIpc) is 2.87. The Morgan fingerprint density at radius 1 is 0.912 bits per heavy atom. The highest BCUT2D eigenvalue weighted by Crippen LogP contribution is 2.38. The van der Waals surface area contributed by atoms with Crippen LogP contribution < -0.4 is 4.74 Å². The van der Waals surface area contributed by atoms with Crippen molar-refractivity contribution in [1.29, 1.82) is 0 Å². The van der Waals surface area contributed by atoms with Crippen LogP contribution in [0.15, 0.2) is 61.2 Å². The molecular formula is C30H31F3O. The molecule has 0 atom stereocenters. The SMILES string of the molecule is C=Cc1ccc(C2CCC(CCc3ccc(-c4ccc(OCC)c(F)c4F)cc3F)CC2)cc1. The summed E-state index contributed by atoms with van der Waals surface area (Å²) in [5.41, 5.74) is 3.51. The molecule has 0 amide bonds. The Morgan fingerprint density at radius 2 is 1.65 bits per heavy atom. The highest BCUT2D eigenvalue weighted by Gasteiger charge is 2.23. The van der Waals surface area contributed by atoms with Crippen molar-refractivity contribution in [1.82, 2.24) is 0 Å². The van der Waals surface area contributed by atoms with Crippen LogP contribution in [0.3, 0.4) is 0 Å². The summed E-state index contributed by atoms with van der Waals surface area (Å²) in [6.45, 7) is 5.75. The fourth-order valence-corrected chi connectivity index (χ4v) is 4.99. The number of rotatable bonds is 8. The fourth-order valence-electron chi connectivity index (χ4n) is 4.99. The Labute approximate surface area is 200 Å². The molecule has 0 heterocycles. The lowest BCUT2D eigenvalue weighted by Gasteiger charge is -2.29. The molecule has 0 spiro atoms. The van der Waals surface area contributed by atoms with Crippen molar-refractivity contribution >= 4 is 6.08 Å². The fraction of sp³-hybridized carbons (Fsp3) is 0.333. The van der Waals surface area contributed by atoms with Crippen LogP contribution in [0.4, 0.5) is 13.2 Å². The van der Waals surface area contributed by atoms with E-state index in [0.29, 0.717) is 29.4 Å². The first kappa shape index (κ1) is 24.1. The number of benzene rings is 3. The zero-order valence-electron chi connectivity index (χ0n) is 19.6. The van der Waals surface area contributed by atoms with Gasteiger partial charge >= 0.3 is 0 Å². The van der Waals surface area contributed by atoms with Gasteiger partial charge in [-0.1, -0.05) is 49.1 Å². The van der Waals surface area contributed by atoms with Crippen molar-refractivity contribution in [2.75, 3.05) is 6.61 Å². The lowest BCUT2D eigenvalue weighted by Crippen LogP contribution is -2.14. The standard InChI is InChI=1S/C30H31F3O/c1-3-20-5-10-22(11-6-20)23-12-7-21(8-13-23)9-14-24-15-16-25(19-27(24)31)26-17-18-28(34-4-2)30(33)29(26)32/h3,5-6,10-11,15-19,21,23H,1,4,7-9,12-14H2,2H3. The number of aryl methyl sites for hydroxylation is 1. The van der Waals surface area contributed by atoms with Crippen LogP contribution in [0.5, 0.6) is 5.75 Å². The Balaban J connectivity index is 1.35. The molecule has 1 aliphatic rings. The summed E-state index contributed by atoms with van der Waals surface area (Å²) in [5.74, 6) is -1.40. The van der Waals surface area contributed by atoms with Gasteiger partial charge in [0.05, 0.1) is 6.61 Å². The van der Waals surface area contributed by atoms with Gasteiger partial charge in [-0.05, 0) is 97.7 Å². The first-order valence-electron chi connectivity index (χ1n) is 12.1. The van der Waals surface area contributed by atoms with Crippen molar-refractivity contribution in [3.63, 3.8) is 0 Å². The summed E-state index contributed by atoms with van der Waals surface area (Å²) in [6, 6.07) is 16.1. The van der Waals surface area contributed by atoms with E-state index in [2.05, 4.69) is 30.8 Å². The third kappa shape index (κ3) is 5.38. The first-order valence-corrected chi connectivity index (χ1v) is 12.1. The number of ether oxygens (including phenoxy) is 1. The Bertz CT molecular complexity index is 1130. The molecule has 3 aromatic carbocycles. The molecule has 1 aliphatic carbocycles. The van der Waals surface area contributed by atoms with Crippen molar-refractivity contribution in [3.05, 3.63) is 95.3 Å². The summed E-state index contributed by atoms with van der Waals surface area (Å²) in [7, 11) is 0. The van der Waals surface area contributed by atoms with Gasteiger partial charge in [0.25, 0.3) is 0 Å². The lowest BCUT2D eigenvalue weighted by atomic mass is 9.77. The maximum absolute atomic E-state index is 14.8. The van der Waals surface area contributed by atoms with Gasteiger partial charge in [0.2, 0.25) is 5.82 Å². The zero-order valence-corrected chi connectivity index (χ0v) is 19.6. The monoisotopic (exact) mass is 464 g/mol. The Kier molecular flexibility index (Phi) is 7.77. The van der Waals surface area contributed by atoms with Gasteiger partial charge in [0.15, 0.2) is 11.6 Å². The number of hydrogen-bond acceptors (Lipinski definition) is 1. The molecule has 3 aromatic rings. The average molecular weight is 465 g/mol. The van der Waals surface area contributed by atoms with E-state index in [1.54, 1.807) is 19.1 Å². The van der Waals surface area contributed by atoms with Gasteiger partial charge in [0, 0.05) is 5.56 Å². The minimum atomic E-state index is -1.05. The number of halogens is 3. The van der Waals surface area contributed by atoms with E-state index in [9.17, 15) is 13.2 Å². The summed E-state index contributed by atoms with van der Waals surface area (Å²) < 4.78 is 48.6. The largest absolute Gasteiger partial charge is 0.491 e. The van der Waals surface area contributed by atoms with Crippen molar-refractivity contribution in [3.8, 4) is 16.9 Å². The molecular weight excluding hydrogens is 433 g/mol. The molecule has 1 fully saturated rings. The summed E-state index contributed by atoms with van der Waals surface area (Å²) >= 11 is 0. The van der Waals surface area contributed by atoms with Gasteiger partial charge in [-0.3, -0.25) is 0 Å². The molecule has 1 nitrogen and oxygen atoms in total. The first-order chi connectivity index (χ1) is 16.5. The molecule has 0 N–H and O–H groups in total. The minimum Gasteiger partial charge on any atom is -0.491 e. The second-order valence-electron chi connectivity index (χ2n) is 9.11. The number of hydrogen-bond donors (Lipinski definition) is 0. The van der Waals surface area contributed by atoms with Crippen LogP contribution in [0.1, 0.15) is 61.6 Å².